The minimum atomic E-state index is -1.14. The van der Waals surface area contributed by atoms with Gasteiger partial charge < -0.3 is 10.0 Å². The molecule has 0 spiro atoms. The Kier molecular flexibility index (Phi) is 4.84. The molecule has 1 atom stereocenters. The average Bonchev–Trinajstić information content (AvgIpc) is 2.26. The fourth-order valence-electron chi connectivity index (χ4n) is 1.36. The molecule has 1 N–H and O–H groups in total. The van der Waals surface area contributed by atoms with Crippen molar-refractivity contribution in [3.63, 3.8) is 0 Å². The SMILES string of the molecule is Cc1ccc(S(=O)CCN(C)C)cc1C(=O)O. The number of aryl methyl sites for hydroxylation is 1. The van der Waals surface area contributed by atoms with Crippen LogP contribution >= 0.6 is 0 Å². The van der Waals surface area contributed by atoms with E-state index in [2.05, 4.69) is 0 Å². The smallest absolute Gasteiger partial charge is 0.335 e. The molecule has 0 amide bonds. The molecule has 0 aromatic heterocycles. The van der Waals surface area contributed by atoms with Crippen LogP contribution in [0.5, 0.6) is 0 Å². The normalized spacial score (nSPS) is 12.7. The molecule has 0 saturated carbocycles. The number of hydrogen-bond donors (Lipinski definition) is 1. The van der Waals surface area contributed by atoms with E-state index in [0.29, 0.717) is 22.8 Å². The van der Waals surface area contributed by atoms with E-state index >= 15 is 0 Å². The highest BCUT2D eigenvalue weighted by Crippen LogP contribution is 2.14. The van der Waals surface area contributed by atoms with Crippen LogP contribution in [0.2, 0.25) is 0 Å². The van der Waals surface area contributed by atoms with Crippen LogP contribution in [0.25, 0.3) is 0 Å². The van der Waals surface area contributed by atoms with E-state index in [1.165, 1.54) is 6.07 Å². The van der Waals surface area contributed by atoms with Crippen molar-refractivity contribution in [2.24, 2.45) is 0 Å². The van der Waals surface area contributed by atoms with E-state index in [4.69, 9.17) is 5.11 Å². The second-order valence-corrected chi connectivity index (χ2v) is 5.71. The maximum atomic E-state index is 11.9. The summed E-state index contributed by atoms with van der Waals surface area (Å²) < 4.78 is 11.9. The Morgan fingerprint density at radius 1 is 1.41 bits per heavy atom. The molecule has 1 rings (SSSR count). The van der Waals surface area contributed by atoms with Crippen molar-refractivity contribution >= 4 is 16.8 Å². The van der Waals surface area contributed by atoms with Crippen molar-refractivity contribution in [3.8, 4) is 0 Å². The summed E-state index contributed by atoms with van der Waals surface area (Å²) in [6.07, 6.45) is 0. The number of benzene rings is 1. The van der Waals surface area contributed by atoms with Crippen LogP contribution in [0.3, 0.4) is 0 Å². The third kappa shape index (κ3) is 3.94. The van der Waals surface area contributed by atoms with E-state index in [9.17, 15) is 9.00 Å². The molecule has 0 saturated heterocycles. The van der Waals surface area contributed by atoms with Crippen LogP contribution in [0.1, 0.15) is 15.9 Å². The average molecular weight is 255 g/mol. The van der Waals surface area contributed by atoms with E-state index in [1.807, 2.05) is 19.0 Å². The lowest BCUT2D eigenvalue weighted by atomic mass is 10.1. The van der Waals surface area contributed by atoms with Gasteiger partial charge in [0, 0.05) is 17.2 Å². The number of carbonyl (C=O) groups is 1. The quantitative estimate of drug-likeness (QED) is 0.863. The van der Waals surface area contributed by atoms with Gasteiger partial charge in [-0.05, 0) is 38.7 Å². The number of rotatable bonds is 5. The van der Waals surface area contributed by atoms with Gasteiger partial charge in [0.1, 0.15) is 0 Å². The summed E-state index contributed by atoms with van der Waals surface area (Å²) in [6, 6.07) is 4.93. The molecule has 1 aromatic rings. The zero-order chi connectivity index (χ0) is 13.0. The minimum Gasteiger partial charge on any atom is -0.478 e. The van der Waals surface area contributed by atoms with Gasteiger partial charge >= 0.3 is 5.97 Å². The largest absolute Gasteiger partial charge is 0.478 e. The lowest BCUT2D eigenvalue weighted by Gasteiger charge is -2.09. The maximum Gasteiger partial charge on any atom is 0.335 e. The van der Waals surface area contributed by atoms with Gasteiger partial charge in [0.25, 0.3) is 0 Å². The molecule has 4 nitrogen and oxygen atoms in total. The van der Waals surface area contributed by atoms with Crippen LogP contribution in [0.15, 0.2) is 23.1 Å². The highest BCUT2D eigenvalue weighted by atomic mass is 32.2. The van der Waals surface area contributed by atoms with Gasteiger partial charge in [0.2, 0.25) is 0 Å². The monoisotopic (exact) mass is 255 g/mol. The molecular formula is C12H17NO3S. The van der Waals surface area contributed by atoms with E-state index < -0.39 is 16.8 Å². The first kappa shape index (κ1) is 13.9. The van der Waals surface area contributed by atoms with E-state index in [-0.39, 0.29) is 5.56 Å². The van der Waals surface area contributed by atoms with Crippen LogP contribution in [-0.2, 0) is 10.8 Å². The lowest BCUT2D eigenvalue weighted by Crippen LogP contribution is -2.19. The first-order chi connectivity index (χ1) is 7.91. The predicted octanol–water partition coefficient (Wildman–Crippen LogP) is 1.36. The van der Waals surface area contributed by atoms with Crippen molar-refractivity contribution < 1.29 is 14.1 Å². The van der Waals surface area contributed by atoms with Gasteiger partial charge in [-0.2, -0.15) is 0 Å². The standard InChI is InChI=1S/C12H17NO3S/c1-9-4-5-10(8-11(9)12(14)15)17(16)7-6-13(2)3/h4-5,8H,6-7H2,1-3H3,(H,14,15). The molecule has 0 bridgehead atoms. The minimum absolute atomic E-state index is 0.223. The molecular weight excluding hydrogens is 238 g/mol. The second-order valence-electron chi connectivity index (χ2n) is 4.13. The fourth-order valence-corrected chi connectivity index (χ4v) is 2.59. The Hall–Kier alpha value is -1.20. The summed E-state index contributed by atoms with van der Waals surface area (Å²) >= 11 is 0. The molecule has 94 valence electrons. The van der Waals surface area contributed by atoms with Gasteiger partial charge in [-0.1, -0.05) is 6.07 Å². The molecule has 0 aliphatic rings. The number of carboxylic acid groups (broad SMARTS) is 1. The second kappa shape index (κ2) is 5.93. The molecule has 0 aliphatic carbocycles. The fraction of sp³-hybridized carbons (Fsp3) is 0.417. The Labute approximate surface area is 104 Å². The number of aromatic carboxylic acids is 1. The Bertz CT molecular complexity index is 443. The topological polar surface area (TPSA) is 57.6 Å². The van der Waals surface area contributed by atoms with Crippen LogP contribution < -0.4 is 0 Å². The van der Waals surface area contributed by atoms with Gasteiger partial charge in [0.15, 0.2) is 0 Å². The zero-order valence-corrected chi connectivity index (χ0v) is 11.1. The number of hydrogen-bond acceptors (Lipinski definition) is 3. The molecule has 0 radical (unpaired) electrons. The summed E-state index contributed by atoms with van der Waals surface area (Å²) in [4.78, 5) is 13.5. The third-order valence-corrected chi connectivity index (χ3v) is 3.76. The summed E-state index contributed by atoms with van der Waals surface area (Å²) in [7, 11) is 2.68. The van der Waals surface area contributed by atoms with Crippen LogP contribution in [-0.4, -0.2) is 46.6 Å². The van der Waals surface area contributed by atoms with Crippen molar-refractivity contribution in [2.45, 2.75) is 11.8 Å². The van der Waals surface area contributed by atoms with Gasteiger partial charge in [-0.15, -0.1) is 0 Å². The molecule has 0 heterocycles. The molecule has 0 aliphatic heterocycles. The van der Waals surface area contributed by atoms with E-state index in [0.717, 1.165) is 0 Å². The molecule has 0 fully saturated rings. The third-order valence-electron chi connectivity index (χ3n) is 2.43. The molecule has 17 heavy (non-hydrogen) atoms. The Balaban J connectivity index is 2.88. The summed E-state index contributed by atoms with van der Waals surface area (Å²) in [5, 5.41) is 8.98. The van der Waals surface area contributed by atoms with Gasteiger partial charge in [-0.3, -0.25) is 4.21 Å². The molecule has 1 aromatic carbocycles. The van der Waals surface area contributed by atoms with Gasteiger partial charge in [0.05, 0.1) is 16.4 Å². The first-order valence-corrected chi connectivity index (χ1v) is 6.60. The Morgan fingerprint density at radius 2 is 2.06 bits per heavy atom. The zero-order valence-electron chi connectivity index (χ0n) is 10.3. The number of carboxylic acids is 1. The Morgan fingerprint density at radius 3 is 2.59 bits per heavy atom. The van der Waals surface area contributed by atoms with Gasteiger partial charge in [-0.25, -0.2) is 4.79 Å². The summed E-state index contributed by atoms with van der Waals surface area (Å²) in [6.45, 7) is 2.44. The highest BCUT2D eigenvalue weighted by Gasteiger charge is 2.11. The highest BCUT2D eigenvalue weighted by molar-refractivity contribution is 7.85. The predicted molar refractivity (Wildman–Crippen MR) is 68.0 cm³/mol. The molecule has 5 heteroatoms. The summed E-state index contributed by atoms with van der Waals surface area (Å²) in [5.41, 5.74) is 0.909. The van der Waals surface area contributed by atoms with E-state index in [1.54, 1.807) is 19.1 Å². The van der Waals surface area contributed by atoms with Crippen LogP contribution in [0, 0.1) is 6.92 Å². The maximum absolute atomic E-state index is 11.9. The van der Waals surface area contributed by atoms with Crippen molar-refractivity contribution in [3.05, 3.63) is 29.3 Å². The number of nitrogens with zero attached hydrogens (tertiary/aromatic N) is 1. The van der Waals surface area contributed by atoms with Crippen molar-refractivity contribution in [2.75, 3.05) is 26.4 Å². The first-order valence-electron chi connectivity index (χ1n) is 5.29. The van der Waals surface area contributed by atoms with Crippen molar-refractivity contribution in [1.82, 2.24) is 4.90 Å². The van der Waals surface area contributed by atoms with Crippen molar-refractivity contribution in [1.29, 1.82) is 0 Å². The molecule has 1 unspecified atom stereocenters. The van der Waals surface area contributed by atoms with Crippen LogP contribution in [0.4, 0.5) is 0 Å². The summed E-state index contributed by atoms with van der Waals surface area (Å²) in [5.74, 6) is -0.469. The lowest BCUT2D eigenvalue weighted by molar-refractivity contribution is 0.0696.